The molecule has 0 aliphatic heterocycles. The van der Waals surface area contributed by atoms with E-state index in [0.29, 0.717) is 5.92 Å². The van der Waals surface area contributed by atoms with Gasteiger partial charge < -0.3 is 4.79 Å². The second-order valence-electron chi connectivity index (χ2n) is 4.26. The summed E-state index contributed by atoms with van der Waals surface area (Å²) in [7, 11) is 0. The Morgan fingerprint density at radius 2 is 1.57 bits per heavy atom. The van der Waals surface area contributed by atoms with E-state index in [2.05, 4.69) is 13.8 Å². The summed E-state index contributed by atoms with van der Waals surface area (Å²) in [5, 5.41) is 0. The van der Waals surface area contributed by atoms with Crippen LogP contribution in [0.4, 0.5) is 0 Å². The first-order valence-electron chi connectivity index (χ1n) is 6.28. The van der Waals surface area contributed by atoms with Crippen LogP contribution in [-0.2, 0) is 4.79 Å². The van der Waals surface area contributed by atoms with Crippen LogP contribution in [0.15, 0.2) is 0 Å². The molecule has 0 N–H and O–H groups in total. The van der Waals surface area contributed by atoms with Gasteiger partial charge in [-0.3, -0.25) is 0 Å². The maximum absolute atomic E-state index is 10.5. The molecule has 0 aliphatic carbocycles. The Kier molecular flexibility index (Phi) is 10.5. The van der Waals surface area contributed by atoms with E-state index in [0.717, 1.165) is 12.7 Å². The van der Waals surface area contributed by atoms with E-state index in [1.54, 1.807) is 0 Å². The Morgan fingerprint density at radius 3 is 2.14 bits per heavy atom. The molecule has 0 aromatic heterocycles. The molecular weight excluding hydrogens is 172 g/mol. The fourth-order valence-corrected chi connectivity index (χ4v) is 1.87. The third kappa shape index (κ3) is 8.28. The lowest BCUT2D eigenvalue weighted by atomic mass is 9.93. The Morgan fingerprint density at radius 1 is 0.929 bits per heavy atom. The summed E-state index contributed by atoms with van der Waals surface area (Å²) in [5.41, 5.74) is 0. The molecule has 0 aliphatic rings. The van der Waals surface area contributed by atoms with Crippen LogP contribution in [-0.4, -0.2) is 6.29 Å². The lowest BCUT2D eigenvalue weighted by Crippen LogP contribution is -2.01. The Balaban J connectivity index is 3.45. The van der Waals surface area contributed by atoms with Crippen molar-refractivity contribution in [1.29, 1.82) is 0 Å². The molecule has 0 saturated carbocycles. The van der Waals surface area contributed by atoms with Crippen molar-refractivity contribution in [1.82, 2.24) is 0 Å². The zero-order valence-corrected chi connectivity index (χ0v) is 9.93. The van der Waals surface area contributed by atoms with E-state index < -0.39 is 0 Å². The van der Waals surface area contributed by atoms with E-state index in [-0.39, 0.29) is 0 Å². The summed E-state index contributed by atoms with van der Waals surface area (Å²) < 4.78 is 0. The molecule has 0 rings (SSSR count). The second kappa shape index (κ2) is 10.7. The highest BCUT2D eigenvalue weighted by molar-refractivity contribution is 5.49. The number of rotatable bonds is 10. The van der Waals surface area contributed by atoms with Gasteiger partial charge in [-0.25, -0.2) is 0 Å². The van der Waals surface area contributed by atoms with Crippen molar-refractivity contribution in [2.24, 2.45) is 5.92 Å². The summed E-state index contributed by atoms with van der Waals surface area (Å²) in [6.07, 6.45) is 12.2. The number of carbonyl (C=O) groups is 1. The standard InChI is InChI=1S/C13H26O/c1-3-5-7-8-10-13(11-12-14)9-6-4-2/h12-13H,3-11H2,1-2H3. The monoisotopic (exact) mass is 198 g/mol. The first kappa shape index (κ1) is 13.7. The quantitative estimate of drug-likeness (QED) is 0.377. The van der Waals surface area contributed by atoms with Crippen LogP contribution in [0.5, 0.6) is 0 Å². The van der Waals surface area contributed by atoms with Gasteiger partial charge in [-0.1, -0.05) is 65.2 Å². The van der Waals surface area contributed by atoms with Gasteiger partial charge in [-0.15, -0.1) is 0 Å². The molecule has 0 spiro atoms. The Hall–Kier alpha value is -0.330. The van der Waals surface area contributed by atoms with Crippen molar-refractivity contribution >= 4 is 6.29 Å². The van der Waals surface area contributed by atoms with Crippen LogP contribution in [0, 0.1) is 5.92 Å². The molecule has 0 bridgehead atoms. The SMILES string of the molecule is CCCCCCC(CC=O)CCCC. The van der Waals surface area contributed by atoms with E-state index in [1.807, 2.05) is 0 Å². The van der Waals surface area contributed by atoms with Crippen LogP contribution >= 0.6 is 0 Å². The topological polar surface area (TPSA) is 17.1 Å². The third-order valence-corrected chi connectivity index (χ3v) is 2.86. The van der Waals surface area contributed by atoms with Gasteiger partial charge in [0.15, 0.2) is 0 Å². The minimum absolute atomic E-state index is 0.671. The zero-order chi connectivity index (χ0) is 10.6. The van der Waals surface area contributed by atoms with Gasteiger partial charge in [0.25, 0.3) is 0 Å². The molecule has 1 unspecified atom stereocenters. The molecule has 0 fully saturated rings. The van der Waals surface area contributed by atoms with Crippen molar-refractivity contribution in [2.45, 2.75) is 71.6 Å². The minimum atomic E-state index is 0.671. The van der Waals surface area contributed by atoms with Crippen molar-refractivity contribution in [3.05, 3.63) is 0 Å². The number of carbonyl (C=O) groups excluding carboxylic acids is 1. The van der Waals surface area contributed by atoms with Crippen molar-refractivity contribution in [3.8, 4) is 0 Å². The molecule has 1 atom stereocenters. The first-order valence-corrected chi connectivity index (χ1v) is 6.28. The molecule has 14 heavy (non-hydrogen) atoms. The molecule has 1 heteroatoms. The molecule has 0 aromatic carbocycles. The summed E-state index contributed by atoms with van der Waals surface area (Å²) in [4.78, 5) is 10.5. The van der Waals surface area contributed by atoms with Gasteiger partial charge in [0, 0.05) is 6.42 Å². The van der Waals surface area contributed by atoms with E-state index in [9.17, 15) is 4.79 Å². The number of aldehydes is 1. The largest absolute Gasteiger partial charge is 0.303 e. The van der Waals surface area contributed by atoms with E-state index in [1.165, 1.54) is 51.4 Å². The van der Waals surface area contributed by atoms with Crippen LogP contribution in [0.3, 0.4) is 0 Å². The number of unbranched alkanes of at least 4 members (excludes halogenated alkanes) is 4. The predicted molar refractivity (Wildman–Crippen MR) is 62.5 cm³/mol. The Labute approximate surface area is 89.3 Å². The smallest absolute Gasteiger partial charge is 0.120 e. The highest BCUT2D eigenvalue weighted by Crippen LogP contribution is 2.19. The second-order valence-corrected chi connectivity index (χ2v) is 4.26. The third-order valence-electron chi connectivity index (χ3n) is 2.86. The van der Waals surface area contributed by atoms with Crippen LogP contribution in [0.2, 0.25) is 0 Å². The molecule has 0 aromatic rings. The normalized spacial score (nSPS) is 12.7. The fourth-order valence-electron chi connectivity index (χ4n) is 1.87. The molecule has 0 amide bonds. The van der Waals surface area contributed by atoms with Crippen LogP contribution in [0.25, 0.3) is 0 Å². The van der Waals surface area contributed by atoms with Crippen LogP contribution in [0.1, 0.15) is 71.6 Å². The molecule has 0 heterocycles. The molecule has 0 saturated heterocycles. The summed E-state index contributed by atoms with van der Waals surface area (Å²) in [5.74, 6) is 0.671. The van der Waals surface area contributed by atoms with Gasteiger partial charge in [0.05, 0.1) is 0 Å². The van der Waals surface area contributed by atoms with Gasteiger partial charge in [-0.05, 0) is 5.92 Å². The molecule has 0 radical (unpaired) electrons. The maximum atomic E-state index is 10.5. The number of hydrogen-bond donors (Lipinski definition) is 0. The van der Waals surface area contributed by atoms with Crippen molar-refractivity contribution < 1.29 is 4.79 Å². The average Bonchev–Trinajstić information content (AvgIpc) is 2.20. The minimum Gasteiger partial charge on any atom is -0.303 e. The van der Waals surface area contributed by atoms with E-state index in [4.69, 9.17) is 0 Å². The average molecular weight is 198 g/mol. The van der Waals surface area contributed by atoms with Crippen LogP contribution < -0.4 is 0 Å². The summed E-state index contributed by atoms with van der Waals surface area (Å²) >= 11 is 0. The van der Waals surface area contributed by atoms with Gasteiger partial charge >= 0.3 is 0 Å². The predicted octanol–water partition coefficient (Wildman–Crippen LogP) is 4.35. The van der Waals surface area contributed by atoms with Crippen molar-refractivity contribution in [3.63, 3.8) is 0 Å². The molecule has 84 valence electrons. The Bertz CT molecular complexity index is 120. The highest BCUT2D eigenvalue weighted by atomic mass is 16.1. The lowest BCUT2D eigenvalue weighted by Gasteiger charge is -2.12. The fraction of sp³-hybridized carbons (Fsp3) is 0.923. The summed E-state index contributed by atoms with van der Waals surface area (Å²) in [6, 6.07) is 0. The lowest BCUT2D eigenvalue weighted by molar-refractivity contribution is -0.108. The molecule has 1 nitrogen and oxygen atoms in total. The van der Waals surface area contributed by atoms with E-state index >= 15 is 0 Å². The van der Waals surface area contributed by atoms with Gasteiger partial charge in [-0.2, -0.15) is 0 Å². The van der Waals surface area contributed by atoms with Crippen molar-refractivity contribution in [2.75, 3.05) is 0 Å². The van der Waals surface area contributed by atoms with Gasteiger partial charge in [0.1, 0.15) is 6.29 Å². The maximum Gasteiger partial charge on any atom is 0.120 e. The van der Waals surface area contributed by atoms with Gasteiger partial charge in [0.2, 0.25) is 0 Å². The number of hydrogen-bond acceptors (Lipinski definition) is 1. The first-order chi connectivity index (χ1) is 6.85. The highest BCUT2D eigenvalue weighted by Gasteiger charge is 2.06. The molecular formula is C13H26O. The summed E-state index contributed by atoms with van der Waals surface area (Å²) in [6.45, 7) is 4.45. The zero-order valence-electron chi connectivity index (χ0n) is 9.93.